The van der Waals surface area contributed by atoms with E-state index < -0.39 is 12.1 Å². The maximum atomic E-state index is 12.6. The summed E-state index contributed by atoms with van der Waals surface area (Å²) in [6.45, 7) is 3.83. The van der Waals surface area contributed by atoms with Crippen molar-refractivity contribution in [1.82, 2.24) is 30.4 Å². The number of nitrogens with one attached hydrogen (secondary N) is 1. The van der Waals surface area contributed by atoms with E-state index in [0.717, 1.165) is 36.0 Å². The zero-order valence-corrected chi connectivity index (χ0v) is 23.6. The van der Waals surface area contributed by atoms with E-state index in [9.17, 15) is 18.0 Å². The molecule has 11 nitrogen and oxygen atoms in total. The summed E-state index contributed by atoms with van der Waals surface area (Å²) in [6, 6.07) is 18.6. The molecule has 1 aliphatic carbocycles. The number of tetrazole rings is 1. The highest BCUT2D eigenvalue weighted by atomic mass is 19.4. The highest BCUT2D eigenvalue weighted by Crippen LogP contribution is 2.36. The smallest absolute Gasteiger partial charge is 0.475 e. The molecule has 2 unspecified atom stereocenters. The lowest BCUT2D eigenvalue weighted by molar-refractivity contribution is -0.192. The summed E-state index contributed by atoms with van der Waals surface area (Å²) in [5, 5.41) is 26.1. The minimum absolute atomic E-state index is 0.207. The first-order chi connectivity index (χ1) is 21.1. The van der Waals surface area contributed by atoms with Gasteiger partial charge >= 0.3 is 12.1 Å². The predicted molar refractivity (Wildman–Crippen MR) is 150 cm³/mol. The van der Waals surface area contributed by atoms with E-state index in [-0.39, 0.29) is 24.7 Å². The van der Waals surface area contributed by atoms with Crippen molar-refractivity contribution in [3.05, 3.63) is 71.5 Å². The molecule has 2 atom stereocenters. The van der Waals surface area contributed by atoms with Gasteiger partial charge in [-0.2, -0.15) is 17.9 Å². The van der Waals surface area contributed by atoms with E-state index in [0.29, 0.717) is 36.3 Å². The maximum Gasteiger partial charge on any atom is 0.490 e. The summed E-state index contributed by atoms with van der Waals surface area (Å²) in [7, 11) is 0. The minimum Gasteiger partial charge on any atom is -0.475 e. The number of aromatic nitrogens is 4. The fourth-order valence-electron chi connectivity index (χ4n) is 5.61. The van der Waals surface area contributed by atoms with E-state index in [1.54, 1.807) is 4.68 Å². The van der Waals surface area contributed by atoms with Gasteiger partial charge in [-0.05, 0) is 70.1 Å². The number of aryl methyl sites for hydroxylation is 1. The second kappa shape index (κ2) is 11.8. The summed E-state index contributed by atoms with van der Waals surface area (Å²) in [5.41, 5.74) is 3.11. The van der Waals surface area contributed by atoms with Crippen LogP contribution >= 0.6 is 0 Å². The summed E-state index contributed by atoms with van der Waals surface area (Å²) >= 11 is 0. The molecule has 7 rings (SSSR count). The van der Waals surface area contributed by atoms with Crippen molar-refractivity contribution in [3.63, 3.8) is 0 Å². The van der Waals surface area contributed by atoms with Gasteiger partial charge in [0, 0.05) is 31.6 Å². The minimum atomic E-state index is -5.08. The average molecular weight is 611 g/mol. The molecule has 3 aromatic carbocycles. The van der Waals surface area contributed by atoms with Crippen LogP contribution < -0.4 is 14.8 Å². The van der Waals surface area contributed by atoms with Crippen molar-refractivity contribution in [3.8, 4) is 17.2 Å². The third-order valence-corrected chi connectivity index (χ3v) is 7.92. The lowest BCUT2D eigenvalue weighted by Crippen LogP contribution is -2.32. The second-order valence-corrected chi connectivity index (χ2v) is 11.0. The zero-order valence-electron chi connectivity index (χ0n) is 23.6. The number of rotatable bonds is 7. The summed E-state index contributed by atoms with van der Waals surface area (Å²) in [6.07, 6.45) is -2.24. The van der Waals surface area contributed by atoms with E-state index in [4.69, 9.17) is 19.4 Å². The number of hydrogen-bond donors (Lipinski definition) is 2. The Bertz CT molecular complexity index is 1710. The molecule has 14 heteroatoms. The highest BCUT2D eigenvalue weighted by molar-refractivity contribution is 5.89. The van der Waals surface area contributed by atoms with Gasteiger partial charge in [-0.15, -0.1) is 5.10 Å². The standard InChI is InChI=1S/C28H28N6O3.C2HF3O2/c1-17-6-10-23(22-5-3-2-4-21(17)22)27(29-14-18-12-26(35)33(15-18)19-7-8-19)28-30-31-32-34(28)20-9-11-24-25(13-20)37-16-36-24;3-2(4,5)1(6)7/h2-6,9-11,13,18-19,27,29H,7-8,12,14-16H2,1H3;(H,6,7). The van der Waals surface area contributed by atoms with E-state index in [1.165, 1.54) is 10.9 Å². The molecule has 1 aromatic heterocycles. The van der Waals surface area contributed by atoms with Gasteiger partial charge in [0.05, 0.1) is 11.7 Å². The van der Waals surface area contributed by atoms with Crippen LogP contribution in [0.5, 0.6) is 11.5 Å². The number of benzene rings is 3. The van der Waals surface area contributed by atoms with Crippen LogP contribution in [0.2, 0.25) is 0 Å². The van der Waals surface area contributed by atoms with Crippen molar-refractivity contribution >= 4 is 22.6 Å². The maximum absolute atomic E-state index is 12.6. The number of carboxylic acid groups (broad SMARTS) is 1. The molecule has 44 heavy (non-hydrogen) atoms. The van der Waals surface area contributed by atoms with Crippen molar-refractivity contribution in [2.45, 2.75) is 44.4 Å². The quantitative estimate of drug-likeness (QED) is 0.316. The normalized spacial score (nSPS) is 18.3. The molecule has 2 aliphatic heterocycles. The molecule has 0 radical (unpaired) electrons. The van der Waals surface area contributed by atoms with Crippen LogP contribution in [0.3, 0.4) is 0 Å². The number of carboxylic acids is 1. The Kier molecular flexibility index (Phi) is 7.84. The molecule has 4 aromatic rings. The van der Waals surface area contributed by atoms with Gasteiger partial charge in [-0.1, -0.05) is 36.4 Å². The fourth-order valence-corrected chi connectivity index (χ4v) is 5.61. The summed E-state index contributed by atoms with van der Waals surface area (Å²) < 4.78 is 44.6. The molecule has 0 bridgehead atoms. The molecule has 1 saturated carbocycles. The van der Waals surface area contributed by atoms with Crippen LogP contribution in [0, 0.1) is 12.8 Å². The molecule has 230 valence electrons. The van der Waals surface area contributed by atoms with Gasteiger partial charge in [-0.25, -0.2) is 4.79 Å². The molecular formula is C30H29F3N6O5. The predicted octanol–water partition coefficient (Wildman–Crippen LogP) is 4.18. The monoisotopic (exact) mass is 610 g/mol. The fraction of sp³-hybridized carbons (Fsp3) is 0.367. The number of halogens is 3. The third kappa shape index (κ3) is 6.02. The van der Waals surface area contributed by atoms with Crippen LogP contribution in [-0.2, 0) is 9.59 Å². The average Bonchev–Trinajstić information content (AvgIpc) is 3.36. The molecule has 0 spiro atoms. The molecule has 2 fully saturated rings. The molecule has 1 saturated heterocycles. The van der Waals surface area contributed by atoms with Gasteiger partial charge in [0.25, 0.3) is 0 Å². The van der Waals surface area contributed by atoms with E-state index >= 15 is 0 Å². The Morgan fingerprint density at radius 1 is 1.09 bits per heavy atom. The first-order valence-corrected chi connectivity index (χ1v) is 14.1. The Hall–Kier alpha value is -4.72. The third-order valence-electron chi connectivity index (χ3n) is 7.92. The van der Waals surface area contributed by atoms with Crippen molar-refractivity contribution < 1.29 is 37.3 Å². The lowest BCUT2D eigenvalue weighted by atomic mass is 9.94. The van der Waals surface area contributed by atoms with Crippen LogP contribution in [0.1, 0.15) is 42.3 Å². The van der Waals surface area contributed by atoms with E-state index in [1.807, 2.05) is 18.2 Å². The van der Waals surface area contributed by atoms with Crippen LogP contribution in [-0.4, -0.2) is 74.2 Å². The first kappa shape index (κ1) is 29.4. The molecule has 1 amide bonds. The SMILES string of the molecule is Cc1ccc(C(NCC2CC(=O)N(C3CC3)C2)c2nnnn2-c2ccc3c(c2)OCO3)c2ccccc12.O=C(O)C(F)(F)F. The van der Waals surface area contributed by atoms with Crippen LogP contribution in [0.25, 0.3) is 16.5 Å². The molecule has 3 aliphatic rings. The number of aliphatic carboxylic acids is 1. The van der Waals surface area contributed by atoms with E-state index in [2.05, 4.69) is 69.1 Å². The number of alkyl halides is 3. The molecular weight excluding hydrogens is 581 g/mol. The van der Waals surface area contributed by atoms with Crippen molar-refractivity contribution in [2.24, 2.45) is 5.92 Å². The van der Waals surface area contributed by atoms with Gasteiger partial charge in [0.1, 0.15) is 0 Å². The van der Waals surface area contributed by atoms with Crippen molar-refractivity contribution in [2.75, 3.05) is 19.9 Å². The van der Waals surface area contributed by atoms with Crippen LogP contribution in [0.4, 0.5) is 13.2 Å². The largest absolute Gasteiger partial charge is 0.490 e. The number of carbonyl (C=O) groups excluding carboxylic acids is 1. The first-order valence-electron chi connectivity index (χ1n) is 14.1. The number of ether oxygens (including phenoxy) is 2. The Labute approximate surface area is 249 Å². The molecule has 2 N–H and O–H groups in total. The van der Waals surface area contributed by atoms with Crippen molar-refractivity contribution in [1.29, 1.82) is 0 Å². The number of likely N-dealkylation sites (tertiary alicyclic amines) is 1. The van der Waals surface area contributed by atoms with Gasteiger partial charge < -0.3 is 24.8 Å². The zero-order chi connectivity index (χ0) is 31.0. The number of fused-ring (bicyclic) bond motifs is 2. The highest BCUT2D eigenvalue weighted by Gasteiger charge is 2.40. The summed E-state index contributed by atoms with van der Waals surface area (Å²) in [5.74, 6) is -0.166. The lowest BCUT2D eigenvalue weighted by Gasteiger charge is -2.23. The number of amides is 1. The van der Waals surface area contributed by atoms with Gasteiger partial charge in [-0.3, -0.25) is 4.79 Å². The van der Waals surface area contributed by atoms with Gasteiger partial charge in [0.15, 0.2) is 17.3 Å². The number of carbonyl (C=O) groups is 2. The molecule has 3 heterocycles. The Balaban J connectivity index is 0.000000441. The van der Waals surface area contributed by atoms with Gasteiger partial charge in [0.2, 0.25) is 12.7 Å². The number of nitrogens with zero attached hydrogens (tertiary/aromatic N) is 5. The Morgan fingerprint density at radius 2 is 1.82 bits per heavy atom. The van der Waals surface area contributed by atoms with Crippen LogP contribution in [0.15, 0.2) is 54.6 Å². The Morgan fingerprint density at radius 3 is 2.55 bits per heavy atom. The second-order valence-electron chi connectivity index (χ2n) is 11.0. The number of hydrogen-bond acceptors (Lipinski definition) is 8. The summed E-state index contributed by atoms with van der Waals surface area (Å²) in [4.78, 5) is 23.6. The topological polar surface area (TPSA) is 132 Å².